The van der Waals surface area contributed by atoms with Gasteiger partial charge in [-0.15, -0.1) is 0 Å². The van der Waals surface area contributed by atoms with E-state index in [1.807, 2.05) is 13.0 Å². The predicted octanol–water partition coefficient (Wildman–Crippen LogP) is 8.79. The lowest BCUT2D eigenvalue weighted by molar-refractivity contribution is -0.660. The molecule has 3 nitrogen and oxygen atoms in total. The molecule has 0 aliphatic heterocycles. The van der Waals surface area contributed by atoms with E-state index in [-0.39, 0.29) is 44.8 Å². The van der Waals surface area contributed by atoms with Gasteiger partial charge in [0.15, 0.2) is 11.8 Å². The van der Waals surface area contributed by atoms with Crippen molar-refractivity contribution in [3.05, 3.63) is 82.7 Å². The van der Waals surface area contributed by atoms with Crippen molar-refractivity contribution in [3.63, 3.8) is 0 Å². The minimum absolute atomic E-state index is 0.0152. The largest absolute Gasteiger partial charge is 0.437 e. The van der Waals surface area contributed by atoms with Crippen LogP contribution in [0.1, 0.15) is 95.7 Å². The van der Waals surface area contributed by atoms with Crippen LogP contribution in [0.2, 0.25) is 0 Å². The van der Waals surface area contributed by atoms with E-state index in [2.05, 4.69) is 0 Å². The van der Waals surface area contributed by atoms with Crippen LogP contribution in [0.15, 0.2) is 59.1 Å². The Morgan fingerprint density at radius 3 is 2.47 bits per heavy atom. The number of aryl methyl sites for hydroxylation is 3. The van der Waals surface area contributed by atoms with Crippen molar-refractivity contribution in [2.45, 2.75) is 66.4 Å². The van der Waals surface area contributed by atoms with Gasteiger partial charge in [0.1, 0.15) is 7.05 Å². The van der Waals surface area contributed by atoms with Gasteiger partial charge in [0, 0.05) is 53.9 Å². The molecule has 2 aromatic carbocycles. The van der Waals surface area contributed by atoms with Crippen molar-refractivity contribution in [1.82, 2.24) is 4.98 Å². The molecule has 0 saturated carbocycles. The molecule has 0 saturated heterocycles. The molecular weight excluding hydrogens is 464 g/mol. The molecule has 1 aliphatic carbocycles. The van der Waals surface area contributed by atoms with Gasteiger partial charge < -0.3 is 4.42 Å². The zero-order valence-corrected chi connectivity index (χ0v) is 22.0. The number of hydrogen-bond donors (Lipinski definition) is 0. The lowest BCUT2D eigenvalue weighted by Gasteiger charge is -2.39. The van der Waals surface area contributed by atoms with E-state index in [1.165, 1.54) is 18.3 Å². The van der Waals surface area contributed by atoms with Gasteiger partial charge in [-0.05, 0) is 59.8 Å². The van der Waals surface area contributed by atoms with Crippen LogP contribution in [0.4, 0.5) is 0 Å². The summed E-state index contributed by atoms with van der Waals surface area (Å²) in [4.78, 5) is 4.76. The first-order valence-corrected chi connectivity index (χ1v) is 12.5. The van der Waals surface area contributed by atoms with Gasteiger partial charge in [-0.25, -0.2) is 9.55 Å². The molecule has 0 spiro atoms. The molecule has 194 valence electrons. The molecule has 0 amide bonds. The van der Waals surface area contributed by atoms with Crippen LogP contribution in [0.25, 0.3) is 44.5 Å². The molecule has 3 heteroatoms. The normalized spacial score (nSPS) is 26.1. The first kappa shape index (κ1) is 13.1. The highest BCUT2D eigenvalue weighted by Crippen LogP contribution is 2.56. The molecule has 3 heterocycles. The lowest BCUT2D eigenvalue weighted by atomic mass is 9.64. The summed E-state index contributed by atoms with van der Waals surface area (Å²) in [6.07, 6.45) is 1.47. The highest BCUT2D eigenvalue weighted by molar-refractivity contribution is 6.10. The van der Waals surface area contributed by atoms with Crippen molar-refractivity contribution >= 4 is 22.1 Å². The molecular formula is C35H39N2O+. The summed E-state index contributed by atoms with van der Waals surface area (Å²) in [5.74, 6) is -7.86. The number of fused-ring (bicyclic) bond motifs is 6. The first-order valence-electron chi connectivity index (χ1n) is 20.0. The second-order valence-corrected chi connectivity index (χ2v) is 10.4. The Bertz CT molecular complexity index is 2290. The summed E-state index contributed by atoms with van der Waals surface area (Å²) in [5, 5.41) is 0.943. The monoisotopic (exact) mass is 518 g/mol. The van der Waals surface area contributed by atoms with Crippen molar-refractivity contribution in [3.8, 4) is 22.4 Å². The van der Waals surface area contributed by atoms with E-state index in [0.717, 1.165) is 6.92 Å². The van der Waals surface area contributed by atoms with Crippen molar-refractivity contribution < 1.29 is 29.5 Å². The Hall–Kier alpha value is -3.46. The van der Waals surface area contributed by atoms with Gasteiger partial charge in [-0.2, -0.15) is 0 Å². The highest BCUT2D eigenvalue weighted by Gasteiger charge is 2.49. The Morgan fingerprint density at radius 1 is 0.947 bits per heavy atom. The third-order valence-corrected chi connectivity index (χ3v) is 7.83. The number of nitrogens with zero attached hydrogens (tertiary/aromatic N) is 2. The third kappa shape index (κ3) is 3.20. The maximum Gasteiger partial charge on any atom is 0.227 e. The van der Waals surface area contributed by atoms with E-state index < -0.39 is 50.5 Å². The molecule has 6 rings (SSSR count). The summed E-state index contributed by atoms with van der Waals surface area (Å²) in [6.45, 7) is -7.20. The predicted molar refractivity (Wildman–Crippen MR) is 158 cm³/mol. The Labute approximate surface area is 247 Å². The van der Waals surface area contributed by atoms with Gasteiger partial charge >= 0.3 is 0 Å². The van der Waals surface area contributed by atoms with Crippen molar-refractivity contribution in [1.29, 1.82) is 0 Å². The summed E-state index contributed by atoms with van der Waals surface area (Å²) in [6, 6.07) is 12.9. The molecule has 1 aliphatic rings. The van der Waals surface area contributed by atoms with Crippen molar-refractivity contribution in [2.75, 3.05) is 0 Å². The maximum absolute atomic E-state index is 9.59. The highest BCUT2D eigenvalue weighted by atomic mass is 16.3. The van der Waals surface area contributed by atoms with Crippen LogP contribution in [-0.2, 0) is 12.5 Å². The van der Waals surface area contributed by atoms with Crippen LogP contribution in [-0.4, -0.2) is 4.98 Å². The zero-order chi connectivity index (χ0) is 39.9. The minimum Gasteiger partial charge on any atom is -0.437 e. The number of pyridine rings is 2. The molecule has 0 N–H and O–H groups in total. The number of rotatable bonds is 4. The summed E-state index contributed by atoms with van der Waals surface area (Å²) >= 11 is 0. The lowest BCUT2D eigenvalue weighted by Crippen LogP contribution is -2.38. The number of furan rings is 1. The average Bonchev–Trinajstić information content (AvgIpc) is 3.50. The first-order chi connectivity index (χ1) is 23.9. The Balaban J connectivity index is 1.80. The zero-order valence-electron chi connectivity index (χ0n) is 37.0. The van der Waals surface area contributed by atoms with Crippen LogP contribution >= 0.6 is 0 Å². The summed E-state index contributed by atoms with van der Waals surface area (Å²) in [7, 11) is 1.67. The Morgan fingerprint density at radius 2 is 1.74 bits per heavy atom. The topological polar surface area (TPSA) is 29.9 Å². The Kier molecular flexibility index (Phi) is 2.93. The second-order valence-electron chi connectivity index (χ2n) is 10.4. The van der Waals surface area contributed by atoms with E-state index in [4.69, 9.17) is 27.2 Å². The van der Waals surface area contributed by atoms with E-state index >= 15 is 0 Å². The SMILES string of the molecule is [2H]C([2H])([2H])c1c[n+](C)c(-c2c(C)ccc3c2oc2nc4c(cc23)-c2ccccc2C4(C([2H])(C)C([2H])([2H])[2H])C([2H])(C([2H])([2H])[2H])C([2H])([2H])[2H])cc1C([2H])(C)C. The van der Waals surface area contributed by atoms with E-state index in [0.29, 0.717) is 27.6 Å². The molecule has 38 heavy (non-hydrogen) atoms. The van der Waals surface area contributed by atoms with Crippen LogP contribution in [0.3, 0.4) is 0 Å². The average molecular weight is 519 g/mol. The summed E-state index contributed by atoms with van der Waals surface area (Å²) in [5.41, 5.74) is -0.778. The van der Waals surface area contributed by atoms with Crippen LogP contribution < -0.4 is 4.57 Å². The number of hydrogen-bond acceptors (Lipinski definition) is 2. The molecule has 2 atom stereocenters. The fourth-order valence-electron chi connectivity index (χ4n) is 5.98. The molecule has 0 bridgehead atoms. The summed E-state index contributed by atoms with van der Waals surface area (Å²) < 4.78 is 137. The molecule has 5 aromatic rings. The van der Waals surface area contributed by atoms with Gasteiger partial charge in [-0.1, -0.05) is 77.7 Å². The van der Waals surface area contributed by atoms with Crippen LogP contribution in [0, 0.1) is 25.6 Å². The van der Waals surface area contributed by atoms with Gasteiger partial charge in [-0.3, -0.25) is 0 Å². The molecule has 3 aromatic heterocycles. The fraction of sp³-hybridized carbons (Fsp3) is 0.371. The smallest absolute Gasteiger partial charge is 0.227 e. The number of benzene rings is 2. The molecule has 0 fully saturated rings. The van der Waals surface area contributed by atoms with Gasteiger partial charge in [0.05, 0.1) is 11.3 Å². The van der Waals surface area contributed by atoms with E-state index in [9.17, 15) is 2.74 Å². The van der Waals surface area contributed by atoms with Gasteiger partial charge in [0.25, 0.3) is 0 Å². The number of aromatic nitrogens is 2. The maximum atomic E-state index is 9.59. The van der Waals surface area contributed by atoms with Crippen LogP contribution in [0.5, 0.6) is 0 Å². The third-order valence-electron chi connectivity index (χ3n) is 7.83. The van der Waals surface area contributed by atoms with Gasteiger partial charge in [0.2, 0.25) is 11.4 Å². The minimum atomic E-state index is -3.66. The quantitative estimate of drug-likeness (QED) is 0.223. The molecule has 0 radical (unpaired) electrons. The fourth-order valence-corrected chi connectivity index (χ4v) is 5.98. The van der Waals surface area contributed by atoms with E-state index in [1.54, 1.807) is 55.8 Å². The second kappa shape index (κ2) is 8.53. The van der Waals surface area contributed by atoms with Crippen molar-refractivity contribution in [2.24, 2.45) is 18.8 Å². The standard InChI is InChI=1S/C35H39N2O/c1-19(2)26-17-30(37(9)18-23(26)8)31-22(7)14-15-25-28-16-27-24-12-10-11-13-29(24)35(20(3)4,21(5)6)33(27)36-34(28)38-32(25)31/h10-21H,1-9H3/q+1/i3D3,4D3,5D3,8D3,19D,20D,21D. The molecule has 2 unspecified atom stereocenters.